The van der Waals surface area contributed by atoms with Crippen LogP contribution in [-0.4, -0.2) is 57.9 Å². The second kappa shape index (κ2) is 6.43. The molecule has 1 aliphatic rings. The van der Waals surface area contributed by atoms with Crippen LogP contribution in [-0.2, 0) is 7.05 Å². The van der Waals surface area contributed by atoms with Gasteiger partial charge in [-0.05, 0) is 31.7 Å². The maximum Gasteiger partial charge on any atom is 0.163 e. The zero-order chi connectivity index (χ0) is 16.6. The van der Waals surface area contributed by atoms with E-state index < -0.39 is 0 Å². The van der Waals surface area contributed by atoms with Gasteiger partial charge in [0.15, 0.2) is 5.65 Å². The second-order valence-electron chi connectivity index (χ2n) is 7.29. The predicted octanol–water partition coefficient (Wildman–Crippen LogP) is 2.09. The Morgan fingerprint density at radius 2 is 2.13 bits per heavy atom. The van der Waals surface area contributed by atoms with E-state index >= 15 is 0 Å². The lowest BCUT2D eigenvalue weighted by molar-refractivity contribution is 0.288. The first-order valence-corrected chi connectivity index (χ1v) is 8.54. The lowest BCUT2D eigenvalue weighted by Crippen LogP contribution is -2.30. The van der Waals surface area contributed by atoms with Crippen LogP contribution < -0.4 is 4.90 Å². The first-order chi connectivity index (χ1) is 10.9. The van der Waals surface area contributed by atoms with Gasteiger partial charge in [0, 0.05) is 33.7 Å². The Bertz CT molecular complexity index is 677. The summed E-state index contributed by atoms with van der Waals surface area (Å²) < 4.78 is 1.82. The van der Waals surface area contributed by atoms with Crippen molar-refractivity contribution >= 4 is 16.9 Å². The van der Waals surface area contributed by atoms with Gasteiger partial charge in [-0.1, -0.05) is 13.8 Å². The molecule has 1 aliphatic heterocycles. The first-order valence-electron chi connectivity index (χ1n) is 8.54. The third kappa shape index (κ3) is 3.47. The molecule has 6 heteroatoms. The molecule has 126 valence electrons. The molecule has 1 saturated heterocycles. The van der Waals surface area contributed by atoms with Crippen LogP contribution in [0.15, 0.2) is 6.20 Å². The Morgan fingerprint density at radius 3 is 2.87 bits per heavy atom. The molecule has 0 saturated carbocycles. The molecule has 1 atom stereocenters. The Hall–Kier alpha value is -1.69. The first kappa shape index (κ1) is 16.2. The summed E-state index contributed by atoms with van der Waals surface area (Å²) >= 11 is 0. The number of likely N-dealkylation sites (tertiary alicyclic amines) is 1. The summed E-state index contributed by atoms with van der Waals surface area (Å²) in [5.74, 6) is 3.26. The number of hydrogen-bond donors (Lipinski definition) is 0. The highest BCUT2D eigenvalue weighted by atomic mass is 15.3. The number of rotatable bonds is 5. The van der Waals surface area contributed by atoms with Crippen molar-refractivity contribution < 1.29 is 0 Å². The number of anilines is 1. The molecule has 23 heavy (non-hydrogen) atoms. The van der Waals surface area contributed by atoms with Gasteiger partial charge in [-0.25, -0.2) is 9.97 Å². The third-order valence-electron chi connectivity index (χ3n) is 4.57. The fourth-order valence-corrected chi connectivity index (χ4v) is 3.62. The van der Waals surface area contributed by atoms with Crippen LogP contribution in [0, 0.1) is 18.8 Å². The summed E-state index contributed by atoms with van der Waals surface area (Å²) in [6, 6.07) is 0. The topological polar surface area (TPSA) is 50.1 Å². The van der Waals surface area contributed by atoms with Crippen molar-refractivity contribution in [3.05, 3.63) is 12.0 Å². The summed E-state index contributed by atoms with van der Waals surface area (Å²) in [5, 5.41) is 5.38. The van der Waals surface area contributed by atoms with Gasteiger partial charge in [0.25, 0.3) is 0 Å². The zero-order valence-electron chi connectivity index (χ0n) is 15.0. The fraction of sp³-hybridized carbons (Fsp3) is 0.706. The van der Waals surface area contributed by atoms with Gasteiger partial charge in [-0.15, -0.1) is 0 Å². The number of aryl methyl sites for hydroxylation is 2. The minimum atomic E-state index is 0.709. The molecule has 0 unspecified atom stereocenters. The molecule has 2 aromatic heterocycles. The molecule has 0 N–H and O–H groups in total. The summed E-state index contributed by atoms with van der Waals surface area (Å²) in [6.07, 6.45) is 3.15. The SMILES string of the molecule is Cc1nc(N(C)C[C@H]2CCN(CC(C)C)C2)c2cnn(C)c2n1. The molecular formula is C17H28N6. The molecule has 0 aromatic carbocycles. The van der Waals surface area contributed by atoms with Crippen molar-refractivity contribution in [2.45, 2.75) is 27.2 Å². The molecule has 3 heterocycles. The van der Waals surface area contributed by atoms with Crippen molar-refractivity contribution in [3.8, 4) is 0 Å². The standard InChI is InChI=1S/C17H28N6/c1-12(2)9-23-7-6-14(11-23)10-21(4)16-15-8-18-22(5)17(15)20-13(3)19-16/h8,12,14H,6-7,9-11H2,1-5H3/t14-/m1/s1. The van der Waals surface area contributed by atoms with Crippen LogP contribution in [0.3, 0.4) is 0 Å². The number of fused-ring (bicyclic) bond motifs is 1. The van der Waals surface area contributed by atoms with E-state index in [0.717, 1.165) is 35.1 Å². The van der Waals surface area contributed by atoms with Gasteiger partial charge >= 0.3 is 0 Å². The smallest absolute Gasteiger partial charge is 0.163 e. The Kier molecular flexibility index (Phi) is 4.53. The second-order valence-corrected chi connectivity index (χ2v) is 7.29. The van der Waals surface area contributed by atoms with Crippen molar-refractivity contribution in [2.24, 2.45) is 18.9 Å². The monoisotopic (exact) mass is 316 g/mol. The number of aromatic nitrogens is 4. The molecular weight excluding hydrogens is 288 g/mol. The zero-order valence-corrected chi connectivity index (χ0v) is 15.0. The van der Waals surface area contributed by atoms with E-state index in [1.165, 1.54) is 26.1 Å². The Labute approximate surface area is 138 Å². The van der Waals surface area contributed by atoms with E-state index in [9.17, 15) is 0 Å². The van der Waals surface area contributed by atoms with E-state index in [-0.39, 0.29) is 0 Å². The quantitative estimate of drug-likeness (QED) is 0.845. The largest absolute Gasteiger partial charge is 0.359 e. The lowest BCUT2D eigenvalue weighted by Gasteiger charge is -2.23. The van der Waals surface area contributed by atoms with E-state index in [2.05, 4.69) is 45.8 Å². The molecule has 2 aromatic rings. The van der Waals surface area contributed by atoms with Crippen LogP contribution in [0.1, 0.15) is 26.1 Å². The highest BCUT2D eigenvalue weighted by molar-refractivity contribution is 5.86. The maximum absolute atomic E-state index is 4.67. The third-order valence-corrected chi connectivity index (χ3v) is 4.57. The van der Waals surface area contributed by atoms with Crippen LogP contribution in [0.2, 0.25) is 0 Å². The Morgan fingerprint density at radius 1 is 1.35 bits per heavy atom. The van der Waals surface area contributed by atoms with Gasteiger partial charge in [0.05, 0.1) is 11.6 Å². The van der Waals surface area contributed by atoms with E-state index in [0.29, 0.717) is 5.92 Å². The Balaban J connectivity index is 1.73. The highest BCUT2D eigenvalue weighted by Crippen LogP contribution is 2.25. The summed E-state index contributed by atoms with van der Waals surface area (Å²) in [5.41, 5.74) is 0.909. The van der Waals surface area contributed by atoms with Crippen molar-refractivity contribution in [3.63, 3.8) is 0 Å². The molecule has 0 spiro atoms. The number of nitrogens with zero attached hydrogens (tertiary/aromatic N) is 6. The van der Waals surface area contributed by atoms with Crippen molar-refractivity contribution in [1.29, 1.82) is 0 Å². The average molecular weight is 316 g/mol. The van der Waals surface area contributed by atoms with Crippen LogP contribution >= 0.6 is 0 Å². The summed E-state index contributed by atoms with van der Waals surface area (Å²) in [4.78, 5) is 14.1. The minimum absolute atomic E-state index is 0.709. The normalized spacial score (nSPS) is 19.1. The van der Waals surface area contributed by atoms with Crippen molar-refractivity contribution in [1.82, 2.24) is 24.6 Å². The number of hydrogen-bond acceptors (Lipinski definition) is 5. The van der Waals surface area contributed by atoms with Gasteiger partial charge in [0.2, 0.25) is 0 Å². The maximum atomic E-state index is 4.67. The predicted molar refractivity (Wildman–Crippen MR) is 93.7 cm³/mol. The van der Waals surface area contributed by atoms with Gasteiger partial charge in [-0.3, -0.25) is 4.68 Å². The molecule has 3 rings (SSSR count). The van der Waals surface area contributed by atoms with Gasteiger partial charge in [0.1, 0.15) is 11.6 Å². The van der Waals surface area contributed by atoms with Crippen LogP contribution in [0.5, 0.6) is 0 Å². The van der Waals surface area contributed by atoms with E-state index in [1.54, 1.807) is 0 Å². The summed E-state index contributed by atoms with van der Waals surface area (Å²) in [7, 11) is 4.07. The lowest BCUT2D eigenvalue weighted by atomic mass is 10.1. The fourth-order valence-electron chi connectivity index (χ4n) is 3.62. The molecule has 1 fully saturated rings. The average Bonchev–Trinajstić information content (AvgIpc) is 3.05. The van der Waals surface area contributed by atoms with Crippen molar-refractivity contribution in [2.75, 3.05) is 38.1 Å². The molecule has 0 radical (unpaired) electrons. The van der Waals surface area contributed by atoms with Crippen LogP contribution in [0.4, 0.5) is 5.82 Å². The van der Waals surface area contributed by atoms with Gasteiger partial charge in [-0.2, -0.15) is 5.10 Å². The molecule has 0 aliphatic carbocycles. The summed E-state index contributed by atoms with van der Waals surface area (Å²) in [6.45, 7) is 11.2. The minimum Gasteiger partial charge on any atom is -0.359 e. The van der Waals surface area contributed by atoms with E-state index in [1.807, 2.05) is 24.9 Å². The molecule has 6 nitrogen and oxygen atoms in total. The van der Waals surface area contributed by atoms with Gasteiger partial charge < -0.3 is 9.80 Å². The van der Waals surface area contributed by atoms with Crippen LogP contribution in [0.25, 0.3) is 11.0 Å². The highest BCUT2D eigenvalue weighted by Gasteiger charge is 2.25. The molecule has 0 amide bonds. The van der Waals surface area contributed by atoms with E-state index in [4.69, 9.17) is 0 Å². The molecule has 0 bridgehead atoms.